The molecule has 2 N–H and O–H groups in total. The van der Waals surface area contributed by atoms with Crippen LogP contribution in [0.1, 0.15) is 34.1 Å². The quantitative estimate of drug-likeness (QED) is 0.744. The van der Waals surface area contributed by atoms with Gasteiger partial charge in [0.15, 0.2) is 0 Å². The number of nitrogens with two attached hydrogens (primary N) is 1. The molecule has 1 saturated heterocycles. The molecule has 0 aliphatic carbocycles. The Morgan fingerprint density at radius 1 is 1.50 bits per heavy atom. The van der Waals surface area contributed by atoms with E-state index in [0.717, 1.165) is 6.42 Å². The first-order chi connectivity index (χ1) is 6.44. The first-order valence-corrected chi connectivity index (χ1v) is 5.52. The maximum atomic E-state index is 5.94. The minimum absolute atomic E-state index is 0.0353. The van der Waals surface area contributed by atoms with Crippen LogP contribution >= 0.6 is 0 Å². The van der Waals surface area contributed by atoms with Crippen LogP contribution in [0.3, 0.4) is 0 Å². The van der Waals surface area contributed by atoms with E-state index in [9.17, 15) is 0 Å². The van der Waals surface area contributed by atoms with Crippen molar-refractivity contribution in [2.75, 3.05) is 13.6 Å². The third-order valence-electron chi connectivity index (χ3n) is 3.66. The van der Waals surface area contributed by atoms with Crippen LogP contribution in [0.25, 0.3) is 0 Å². The monoisotopic (exact) mass is 200 g/mol. The molecule has 0 saturated carbocycles. The zero-order chi connectivity index (χ0) is 10.9. The fraction of sp³-hybridized carbons (Fsp3) is 1.00. The minimum Gasteiger partial charge on any atom is -0.374 e. The number of nitrogens with zero attached hydrogens (tertiary/aromatic N) is 1. The second-order valence-corrected chi connectivity index (χ2v) is 4.81. The lowest BCUT2D eigenvalue weighted by Gasteiger charge is -2.42. The van der Waals surface area contributed by atoms with Gasteiger partial charge in [-0.15, -0.1) is 0 Å². The van der Waals surface area contributed by atoms with Crippen LogP contribution in [0.2, 0.25) is 0 Å². The third kappa shape index (κ3) is 1.81. The van der Waals surface area contributed by atoms with E-state index < -0.39 is 0 Å². The standard InChI is InChI=1S/C11H24N2O/c1-8(2)13(5)11(7-12)6-9(3)14-10(11)4/h8-10H,6-7,12H2,1-5H3. The Balaban J connectivity index is 2.85. The van der Waals surface area contributed by atoms with Crippen LogP contribution in [-0.4, -0.2) is 42.3 Å². The molecule has 1 rings (SSSR count). The average Bonchev–Trinajstić information content (AvgIpc) is 2.40. The third-order valence-corrected chi connectivity index (χ3v) is 3.66. The van der Waals surface area contributed by atoms with Crippen molar-refractivity contribution < 1.29 is 4.74 Å². The molecule has 3 nitrogen and oxygen atoms in total. The zero-order valence-corrected chi connectivity index (χ0v) is 10.1. The maximum Gasteiger partial charge on any atom is 0.0747 e. The van der Waals surface area contributed by atoms with E-state index in [1.165, 1.54) is 0 Å². The maximum absolute atomic E-state index is 5.94. The summed E-state index contributed by atoms with van der Waals surface area (Å²) in [5.74, 6) is 0. The molecule has 3 atom stereocenters. The highest BCUT2D eigenvalue weighted by atomic mass is 16.5. The van der Waals surface area contributed by atoms with Gasteiger partial charge in [-0.05, 0) is 41.2 Å². The van der Waals surface area contributed by atoms with Crippen molar-refractivity contribution in [1.29, 1.82) is 0 Å². The number of hydrogen-bond donors (Lipinski definition) is 1. The highest BCUT2D eigenvalue weighted by molar-refractivity contribution is 5.02. The molecule has 0 radical (unpaired) electrons. The van der Waals surface area contributed by atoms with E-state index in [4.69, 9.17) is 10.5 Å². The normalized spacial score (nSPS) is 38.6. The molecule has 1 aliphatic rings. The Hall–Kier alpha value is -0.120. The molecule has 14 heavy (non-hydrogen) atoms. The van der Waals surface area contributed by atoms with Crippen molar-refractivity contribution in [2.45, 2.75) is 57.9 Å². The first-order valence-electron chi connectivity index (χ1n) is 5.52. The first kappa shape index (κ1) is 12.0. The molecule has 1 aliphatic heterocycles. The number of ether oxygens (including phenoxy) is 1. The molecule has 0 aromatic rings. The van der Waals surface area contributed by atoms with Crippen molar-refractivity contribution in [3.05, 3.63) is 0 Å². The molecule has 3 unspecified atom stereocenters. The number of hydrogen-bond acceptors (Lipinski definition) is 3. The lowest BCUT2D eigenvalue weighted by molar-refractivity contribution is -0.000691. The van der Waals surface area contributed by atoms with Gasteiger partial charge in [0, 0.05) is 12.6 Å². The average molecular weight is 200 g/mol. The van der Waals surface area contributed by atoms with Gasteiger partial charge in [0.25, 0.3) is 0 Å². The second kappa shape index (κ2) is 4.17. The topological polar surface area (TPSA) is 38.5 Å². The van der Waals surface area contributed by atoms with Crippen molar-refractivity contribution in [3.63, 3.8) is 0 Å². The summed E-state index contributed by atoms with van der Waals surface area (Å²) in [5, 5.41) is 0. The van der Waals surface area contributed by atoms with Gasteiger partial charge in [0.2, 0.25) is 0 Å². The Bertz CT molecular complexity index is 196. The summed E-state index contributed by atoms with van der Waals surface area (Å²) in [6, 6.07) is 0.509. The summed E-state index contributed by atoms with van der Waals surface area (Å²) in [6.45, 7) is 9.34. The van der Waals surface area contributed by atoms with Gasteiger partial charge < -0.3 is 10.5 Å². The van der Waals surface area contributed by atoms with Crippen LogP contribution in [0.4, 0.5) is 0 Å². The van der Waals surface area contributed by atoms with Gasteiger partial charge in [-0.3, -0.25) is 4.90 Å². The largest absolute Gasteiger partial charge is 0.374 e. The highest BCUT2D eigenvalue weighted by Gasteiger charge is 2.47. The number of rotatable bonds is 3. The Labute approximate surface area is 87.6 Å². The summed E-state index contributed by atoms with van der Waals surface area (Å²) in [6.07, 6.45) is 1.60. The van der Waals surface area contributed by atoms with Crippen molar-refractivity contribution in [3.8, 4) is 0 Å². The van der Waals surface area contributed by atoms with E-state index in [1.807, 2.05) is 0 Å². The molecular weight excluding hydrogens is 176 g/mol. The molecular formula is C11H24N2O. The summed E-state index contributed by atoms with van der Waals surface area (Å²) in [7, 11) is 2.15. The van der Waals surface area contributed by atoms with Crippen LogP contribution in [0.5, 0.6) is 0 Å². The molecule has 0 bridgehead atoms. The van der Waals surface area contributed by atoms with Gasteiger partial charge in [-0.25, -0.2) is 0 Å². The fourth-order valence-electron chi connectivity index (χ4n) is 2.53. The van der Waals surface area contributed by atoms with Gasteiger partial charge in [-0.1, -0.05) is 0 Å². The van der Waals surface area contributed by atoms with E-state index in [2.05, 4.69) is 39.6 Å². The lowest BCUT2D eigenvalue weighted by Crippen LogP contribution is -2.58. The summed E-state index contributed by atoms with van der Waals surface area (Å²) >= 11 is 0. The highest BCUT2D eigenvalue weighted by Crippen LogP contribution is 2.35. The molecule has 0 spiro atoms. The van der Waals surface area contributed by atoms with E-state index in [0.29, 0.717) is 18.7 Å². The predicted molar refractivity (Wildman–Crippen MR) is 59.3 cm³/mol. The Morgan fingerprint density at radius 3 is 2.36 bits per heavy atom. The summed E-state index contributed by atoms with van der Waals surface area (Å²) in [4.78, 5) is 2.36. The van der Waals surface area contributed by atoms with Crippen molar-refractivity contribution in [2.24, 2.45) is 5.73 Å². The van der Waals surface area contributed by atoms with Gasteiger partial charge in [0.05, 0.1) is 17.7 Å². The van der Waals surface area contributed by atoms with Gasteiger partial charge in [-0.2, -0.15) is 0 Å². The molecule has 0 aromatic heterocycles. The van der Waals surface area contributed by atoms with Gasteiger partial charge in [0.1, 0.15) is 0 Å². The molecule has 84 valence electrons. The molecule has 0 aromatic carbocycles. The summed E-state index contributed by atoms with van der Waals surface area (Å²) in [5.41, 5.74) is 5.97. The second-order valence-electron chi connectivity index (χ2n) is 4.81. The van der Waals surface area contributed by atoms with Crippen LogP contribution in [-0.2, 0) is 4.74 Å². The zero-order valence-electron chi connectivity index (χ0n) is 10.1. The molecule has 1 heterocycles. The van der Waals surface area contributed by atoms with Crippen LogP contribution in [0, 0.1) is 0 Å². The smallest absolute Gasteiger partial charge is 0.0747 e. The van der Waals surface area contributed by atoms with Crippen LogP contribution < -0.4 is 5.73 Å². The van der Waals surface area contributed by atoms with Crippen LogP contribution in [0.15, 0.2) is 0 Å². The van der Waals surface area contributed by atoms with E-state index >= 15 is 0 Å². The van der Waals surface area contributed by atoms with Crippen molar-refractivity contribution >= 4 is 0 Å². The molecule has 1 fully saturated rings. The van der Waals surface area contributed by atoms with E-state index in [1.54, 1.807) is 0 Å². The SMILES string of the molecule is CC1CC(CN)(N(C)C(C)C)C(C)O1. The molecule has 3 heteroatoms. The van der Waals surface area contributed by atoms with Gasteiger partial charge >= 0.3 is 0 Å². The Kier molecular flexibility index (Phi) is 3.56. The lowest BCUT2D eigenvalue weighted by atomic mass is 9.87. The molecule has 0 amide bonds. The minimum atomic E-state index is 0.0353. The van der Waals surface area contributed by atoms with Crippen molar-refractivity contribution in [1.82, 2.24) is 4.90 Å². The fourth-order valence-corrected chi connectivity index (χ4v) is 2.53. The Morgan fingerprint density at radius 2 is 2.07 bits per heavy atom. The predicted octanol–water partition coefficient (Wildman–Crippen LogP) is 1.22. The number of likely N-dealkylation sites (N-methyl/N-ethyl adjacent to an activating group) is 1. The van der Waals surface area contributed by atoms with E-state index in [-0.39, 0.29) is 11.6 Å². The summed E-state index contributed by atoms with van der Waals surface area (Å²) < 4.78 is 5.82.